The third-order valence-corrected chi connectivity index (χ3v) is 8.26. The molecule has 0 saturated carbocycles. The first-order chi connectivity index (χ1) is 25.8. The fourth-order valence-corrected chi connectivity index (χ4v) is 5.80. The monoisotopic (exact) mass is 828 g/mol. The summed E-state index contributed by atoms with van der Waals surface area (Å²) in [7, 11) is 0. The molecule has 0 bridgehead atoms. The van der Waals surface area contributed by atoms with Gasteiger partial charge in [0.15, 0.2) is 0 Å². The van der Waals surface area contributed by atoms with Crippen molar-refractivity contribution in [3.05, 3.63) is 153 Å². The van der Waals surface area contributed by atoms with Gasteiger partial charge in [-0.25, -0.2) is 0 Å². The van der Waals surface area contributed by atoms with E-state index in [9.17, 15) is 5.11 Å². The molecule has 0 aromatic heterocycles. The topological polar surface area (TPSA) is 76.0 Å². The molecule has 0 fully saturated rings. The maximum absolute atomic E-state index is 10.1. The zero-order valence-electron chi connectivity index (χ0n) is 37.0. The van der Waals surface area contributed by atoms with Crippen molar-refractivity contribution in [2.24, 2.45) is 9.98 Å². The van der Waals surface area contributed by atoms with E-state index in [-0.39, 0.29) is 32.7 Å². The van der Waals surface area contributed by atoms with Gasteiger partial charge in [-0.2, -0.15) is 11.4 Å². The number of rotatable bonds is 12. The van der Waals surface area contributed by atoms with E-state index in [0.717, 1.165) is 45.6 Å². The Morgan fingerprint density at radius 1 is 0.482 bits per heavy atom. The summed E-state index contributed by atoms with van der Waals surface area (Å²) < 4.78 is 0. The number of benzene rings is 4. The Morgan fingerprint density at radius 2 is 0.732 bits per heavy atom. The first-order valence-electron chi connectivity index (χ1n) is 19.7. The minimum atomic E-state index is -0.750. The van der Waals surface area contributed by atoms with Gasteiger partial charge in [-0.1, -0.05) is 198 Å². The van der Waals surface area contributed by atoms with Crippen molar-refractivity contribution >= 4 is 34.2 Å². The van der Waals surface area contributed by atoms with Crippen LogP contribution in [0, 0.1) is 0 Å². The summed E-state index contributed by atoms with van der Waals surface area (Å²) in [6.07, 6.45) is 4.10. The third kappa shape index (κ3) is 19.0. The zero-order valence-corrected chi connectivity index (χ0v) is 39.8. The molecular weight excluding hydrogens is 761 g/mol. The second-order valence-electron chi connectivity index (χ2n) is 16.3. The molecule has 0 saturated heterocycles. The van der Waals surface area contributed by atoms with Crippen LogP contribution in [0.25, 0.3) is 10.6 Å². The molecule has 0 amide bonds. The molecule has 0 aliphatic carbocycles. The number of nitrogens with zero attached hydrogens (tertiary/aromatic N) is 4. The van der Waals surface area contributed by atoms with Crippen LogP contribution in [0.4, 0.5) is 22.7 Å². The standard InChI is InChI=1S/2C23H29N2.C4H9O.Y/c2*1-16(2)20-11-7-9-13-22(20)24-18(5)15-19(6)25-23-14-10-8-12-21(23)17(3)4;1-4(2,3)5;/h2*7-17H,1-6H3;1-3H3;/q3*-1;+3/b2*18-15-,25-19?;;. The van der Waals surface area contributed by atoms with Gasteiger partial charge in [0.1, 0.15) is 0 Å². The molecule has 0 atom stereocenters. The molecule has 0 heterocycles. The van der Waals surface area contributed by atoms with Crippen LogP contribution >= 0.6 is 0 Å². The molecule has 0 spiro atoms. The predicted molar refractivity (Wildman–Crippen MR) is 241 cm³/mol. The Kier molecular flexibility index (Phi) is 22.4. The summed E-state index contributed by atoms with van der Waals surface area (Å²) in [5, 5.41) is 19.7. The van der Waals surface area contributed by atoms with Gasteiger partial charge in [-0.3, -0.25) is 9.98 Å². The average molecular weight is 829 g/mol. The summed E-state index contributed by atoms with van der Waals surface area (Å²) in [5.41, 5.74) is 12.4. The first kappa shape index (κ1) is 50.4. The quantitative estimate of drug-likeness (QED) is 0.131. The first-order valence-corrected chi connectivity index (χ1v) is 19.7. The van der Waals surface area contributed by atoms with Gasteiger partial charge in [0.05, 0.1) is 11.4 Å². The van der Waals surface area contributed by atoms with Crippen LogP contribution < -0.4 is 5.11 Å². The zero-order chi connectivity index (χ0) is 41.3. The Hall–Kier alpha value is -3.64. The molecule has 0 aliphatic heterocycles. The Balaban J connectivity index is 0.000000492. The normalized spacial score (nSPS) is 12.5. The van der Waals surface area contributed by atoms with E-state index in [1.807, 2.05) is 64.1 Å². The second kappa shape index (κ2) is 24.9. The van der Waals surface area contributed by atoms with Crippen molar-refractivity contribution < 1.29 is 37.8 Å². The smallest absolute Gasteiger partial charge is 0.850 e. The molecule has 6 heteroatoms. The van der Waals surface area contributed by atoms with Crippen LogP contribution in [0.1, 0.15) is 150 Å². The third-order valence-electron chi connectivity index (χ3n) is 8.26. The van der Waals surface area contributed by atoms with Gasteiger partial charge in [0.25, 0.3) is 0 Å². The number of hydrogen-bond donors (Lipinski definition) is 0. The van der Waals surface area contributed by atoms with Crippen molar-refractivity contribution in [3.8, 4) is 0 Å². The van der Waals surface area contributed by atoms with Crippen LogP contribution in [-0.4, -0.2) is 17.0 Å². The molecule has 0 radical (unpaired) electrons. The van der Waals surface area contributed by atoms with Crippen LogP contribution in [0.5, 0.6) is 0 Å². The summed E-state index contributed by atoms with van der Waals surface area (Å²) in [4.78, 5) is 9.60. The second-order valence-corrected chi connectivity index (χ2v) is 16.3. The van der Waals surface area contributed by atoms with Crippen molar-refractivity contribution in [1.29, 1.82) is 0 Å². The number of allylic oxidation sites excluding steroid dienone is 4. The van der Waals surface area contributed by atoms with Crippen LogP contribution in [0.2, 0.25) is 0 Å². The van der Waals surface area contributed by atoms with E-state index in [1.165, 1.54) is 22.3 Å². The fraction of sp³-hybridized carbons (Fsp3) is 0.400. The van der Waals surface area contributed by atoms with E-state index in [0.29, 0.717) is 23.7 Å². The van der Waals surface area contributed by atoms with Gasteiger partial charge in [-0.05, 0) is 60.8 Å². The van der Waals surface area contributed by atoms with Gasteiger partial charge in [-0.15, -0.1) is 17.0 Å². The van der Waals surface area contributed by atoms with Crippen molar-refractivity contribution in [1.82, 2.24) is 0 Å². The molecule has 5 nitrogen and oxygen atoms in total. The van der Waals surface area contributed by atoms with Crippen molar-refractivity contribution in [2.75, 3.05) is 0 Å². The molecule has 0 N–H and O–H groups in total. The van der Waals surface area contributed by atoms with E-state index < -0.39 is 5.60 Å². The summed E-state index contributed by atoms with van der Waals surface area (Å²) in [6, 6.07) is 33.4. The Bertz CT molecular complexity index is 1770. The van der Waals surface area contributed by atoms with E-state index in [4.69, 9.17) is 20.6 Å². The molecule has 56 heavy (non-hydrogen) atoms. The predicted octanol–water partition coefficient (Wildman–Crippen LogP) is 15.4. The van der Waals surface area contributed by atoms with Gasteiger partial charge >= 0.3 is 32.7 Å². The van der Waals surface area contributed by atoms with Crippen molar-refractivity contribution in [3.63, 3.8) is 0 Å². The Labute approximate surface area is 366 Å². The fourth-order valence-electron chi connectivity index (χ4n) is 5.80. The van der Waals surface area contributed by atoms with Gasteiger partial charge in [0.2, 0.25) is 0 Å². The van der Waals surface area contributed by atoms with E-state index in [2.05, 4.69) is 128 Å². The van der Waals surface area contributed by atoms with E-state index in [1.54, 1.807) is 20.8 Å². The largest absolute Gasteiger partial charge is 3.00 e. The molecule has 0 aliphatic rings. The molecule has 296 valence electrons. The maximum atomic E-state index is 10.1. The minimum Gasteiger partial charge on any atom is -0.850 e. The maximum Gasteiger partial charge on any atom is 3.00 e. The van der Waals surface area contributed by atoms with Crippen LogP contribution in [-0.2, 0) is 32.7 Å². The van der Waals surface area contributed by atoms with Gasteiger partial charge in [0, 0.05) is 11.4 Å². The molecule has 4 aromatic rings. The molecular formula is C50H67N4OY. The molecule has 0 unspecified atom stereocenters. The minimum absolute atomic E-state index is 0. The van der Waals surface area contributed by atoms with Crippen LogP contribution in [0.15, 0.2) is 131 Å². The van der Waals surface area contributed by atoms with E-state index >= 15 is 0 Å². The molecule has 4 aromatic carbocycles. The number of hydrogen-bond acceptors (Lipinski definition) is 3. The SMILES string of the molecule is CC(/C=C(/C)[N-]c1ccccc1C(C)C)=Nc1ccccc1C(C)C.CC(/C=C(/C)[N-]c1ccccc1C(C)C)=Nc1ccccc1C(C)C.CC(C)(C)[O-].[Y+3]. The summed E-state index contributed by atoms with van der Waals surface area (Å²) in [5.74, 6) is 1.83. The number of para-hydroxylation sites is 4. The molecule has 4 rings (SSSR count). The number of aliphatic imine (C=N–C) groups is 2. The van der Waals surface area contributed by atoms with Gasteiger partial charge < -0.3 is 15.7 Å². The summed E-state index contributed by atoms with van der Waals surface area (Å²) in [6.45, 7) is 30.6. The average Bonchev–Trinajstić information content (AvgIpc) is 3.08. The van der Waals surface area contributed by atoms with Crippen molar-refractivity contribution in [2.45, 2.75) is 133 Å². The summed E-state index contributed by atoms with van der Waals surface area (Å²) >= 11 is 0. The van der Waals surface area contributed by atoms with Crippen LogP contribution in [0.3, 0.4) is 0 Å². The Morgan fingerprint density at radius 3 is 1.02 bits per heavy atom.